The number of carbonyl (C=O) groups is 1. The Kier molecular flexibility index (Phi) is 4.29. The van der Waals surface area contributed by atoms with E-state index in [9.17, 15) is 4.79 Å². The summed E-state index contributed by atoms with van der Waals surface area (Å²) in [5.41, 5.74) is 3.83. The molecule has 0 saturated carbocycles. The zero-order valence-corrected chi connectivity index (χ0v) is 14.0. The first-order valence-electron chi connectivity index (χ1n) is 8.56. The maximum atomic E-state index is 12.9. The van der Waals surface area contributed by atoms with Gasteiger partial charge in [-0.3, -0.25) is 4.79 Å². The van der Waals surface area contributed by atoms with Gasteiger partial charge in [-0.15, -0.1) is 5.10 Å². The lowest BCUT2D eigenvalue weighted by Gasteiger charge is -2.37. The largest absolute Gasteiger partial charge is 0.333 e. The van der Waals surface area contributed by atoms with E-state index in [1.807, 2.05) is 23.1 Å². The van der Waals surface area contributed by atoms with Crippen LogP contribution in [0.2, 0.25) is 0 Å². The number of rotatable bonds is 4. The van der Waals surface area contributed by atoms with Crippen molar-refractivity contribution in [3.8, 4) is 0 Å². The molecule has 1 aliphatic heterocycles. The minimum absolute atomic E-state index is 0.0587. The van der Waals surface area contributed by atoms with Gasteiger partial charge in [-0.1, -0.05) is 59.8 Å². The Balaban J connectivity index is 1.64. The maximum Gasteiger partial charge on any atom is 0.244 e. The monoisotopic (exact) mass is 332 g/mol. The molecule has 0 aliphatic carbocycles. The van der Waals surface area contributed by atoms with Gasteiger partial charge in [0.15, 0.2) is 0 Å². The first-order valence-corrected chi connectivity index (χ1v) is 8.56. The third kappa shape index (κ3) is 3.31. The van der Waals surface area contributed by atoms with Gasteiger partial charge in [0.1, 0.15) is 6.54 Å². The van der Waals surface area contributed by atoms with E-state index in [0.717, 1.165) is 19.4 Å². The molecule has 1 aromatic heterocycles. The van der Waals surface area contributed by atoms with Gasteiger partial charge in [-0.05, 0) is 29.5 Å². The van der Waals surface area contributed by atoms with Crippen LogP contribution in [0.4, 0.5) is 0 Å². The molecule has 0 saturated heterocycles. The molecule has 0 spiro atoms. The van der Waals surface area contributed by atoms with E-state index in [1.165, 1.54) is 16.7 Å². The molecular weight excluding hydrogens is 312 g/mol. The van der Waals surface area contributed by atoms with Crippen molar-refractivity contribution in [3.05, 3.63) is 83.7 Å². The summed E-state index contributed by atoms with van der Waals surface area (Å²) in [6.07, 6.45) is 5.04. The zero-order valence-electron chi connectivity index (χ0n) is 14.0. The van der Waals surface area contributed by atoms with Crippen molar-refractivity contribution in [3.63, 3.8) is 0 Å². The molecule has 1 unspecified atom stereocenters. The smallest absolute Gasteiger partial charge is 0.244 e. The molecule has 0 N–H and O–H groups in total. The summed E-state index contributed by atoms with van der Waals surface area (Å²) in [5.74, 6) is 0.0842. The van der Waals surface area contributed by atoms with Crippen LogP contribution >= 0.6 is 0 Å². The number of aromatic nitrogens is 3. The van der Waals surface area contributed by atoms with Crippen LogP contribution in [0.15, 0.2) is 67.0 Å². The Morgan fingerprint density at radius 3 is 2.68 bits per heavy atom. The summed E-state index contributed by atoms with van der Waals surface area (Å²) in [6.45, 7) is 0.968. The highest BCUT2D eigenvalue weighted by atomic mass is 16.2. The normalized spacial score (nSPS) is 16.5. The number of carbonyl (C=O) groups excluding carboxylic acids is 1. The van der Waals surface area contributed by atoms with E-state index in [-0.39, 0.29) is 18.5 Å². The predicted octanol–water partition coefficient (Wildman–Crippen LogP) is 2.65. The van der Waals surface area contributed by atoms with Crippen molar-refractivity contribution in [2.45, 2.75) is 25.4 Å². The van der Waals surface area contributed by atoms with E-state index in [1.54, 1.807) is 17.1 Å². The Morgan fingerprint density at radius 2 is 1.88 bits per heavy atom. The minimum Gasteiger partial charge on any atom is -0.333 e. The first-order chi connectivity index (χ1) is 12.3. The Bertz CT molecular complexity index is 845. The fraction of sp³-hybridized carbons (Fsp3) is 0.250. The second-order valence-corrected chi connectivity index (χ2v) is 6.34. The number of amides is 1. The average Bonchev–Trinajstić information content (AvgIpc) is 3.16. The third-order valence-electron chi connectivity index (χ3n) is 4.77. The molecular formula is C20H20N4O. The number of hydrogen-bond acceptors (Lipinski definition) is 3. The Morgan fingerprint density at radius 1 is 1.08 bits per heavy atom. The molecule has 25 heavy (non-hydrogen) atoms. The molecule has 3 aromatic rings. The summed E-state index contributed by atoms with van der Waals surface area (Å²) < 4.78 is 1.59. The lowest BCUT2D eigenvalue weighted by Crippen LogP contribution is -2.42. The van der Waals surface area contributed by atoms with Crippen molar-refractivity contribution in [2.24, 2.45) is 0 Å². The lowest BCUT2D eigenvalue weighted by atomic mass is 9.88. The van der Waals surface area contributed by atoms with Crippen LogP contribution in [0.5, 0.6) is 0 Å². The highest BCUT2D eigenvalue weighted by Gasteiger charge is 2.30. The highest BCUT2D eigenvalue weighted by molar-refractivity contribution is 5.77. The quantitative estimate of drug-likeness (QED) is 0.738. The Labute approximate surface area is 146 Å². The highest BCUT2D eigenvalue weighted by Crippen LogP contribution is 2.32. The van der Waals surface area contributed by atoms with Gasteiger partial charge in [-0.2, -0.15) is 0 Å². The van der Waals surface area contributed by atoms with Gasteiger partial charge in [0.2, 0.25) is 5.91 Å². The van der Waals surface area contributed by atoms with Gasteiger partial charge in [0, 0.05) is 12.7 Å². The van der Waals surface area contributed by atoms with E-state index in [0.29, 0.717) is 0 Å². The third-order valence-corrected chi connectivity index (χ3v) is 4.77. The van der Waals surface area contributed by atoms with Crippen molar-refractivity contribution in [1.82, 2.24) is 19.9 Å². The molecule has 126 valence electrons. The van der Waals surface area contributed by atoms with Gasteiger partial charge in [0.05, 0.1) is 12.2 Å². The van der Waals surface area contributed by atoms with Crippen molar-refractivity contribution < 1.29 is 4.79 Å². The predicted molar refractivity (Wildman–Crippen MR) is 94.8 cm³/mol. The summed E-state index contributed by atoms with van der Waals surface area (Å²) >= 11 is 0. The number of nitrogens with zero attached hydrogens (tertiary/aromatic N) is 4. The maximum absolute atomic E-state index is 12.9. The number of fused-ring (bicyclic) bond motifs is 1. The second-order valence-electron chi connectivity index (χ2n) is 6.34. The molecule has 5 heteroatoms. The first kappa shape index (κ1) is 15.6. The molecule has 0 bridgehead atoms. The molecule has 0 fully saturated rings. The van der Waals surface area contributed by atoms with Crippen LogP contribution in [-0.4, -0.2) is 32.3 Å². The number of hydrogen-bond donors (Lipinski definition) is 0. The van der Waals surface area contributed by atoms with E-state index in [2.05, 4.69) is 46.7 Å². The van der Waals surface area contributed by atoms with Gasteiger partial charge >= 0.3 is 0 Å². The number of benzene rings is 2. The van der Waals surface area contributed by atoms with E-state index < -0.39 is 0 Å². The van der Waals surface area contributed by atoms with Crippen molar-refractivity contribution in [2.75, 3.05) is 6.54 Å². The summed E-state index contributed by atoms with van der Waals surface area (Å²) in [5, 5.41) is 7.71. The molecule has 1 amide bonds. The van der Waals surface area contributed by atoms with Crippen LogP contribution in [0, 0.1) is 0 Å². The minimum atomic E-state index is 0.0587. The molecule has 4 rings (SSSR count). The lowest BCUT2D eigenvalue weighted by molar-refractivity contribution is -0.135. The fourth-order valence-corrected chi connectivity index (χ4v) is 3.55. The van der Waals surface area contributed by atoms with Crippen LogP contribution in [-0.2, 0) is 24.2 Å². The molecule has 1 aliphatic rings. The van der Waals surface area contributed by atoms with Crippen LogP contribution < -0.4 is 0 Å². The summed E-state index contributed by atoms with van der Waals surface area (Å²) in [7, 11) is 0. The zero-order chi connectivity index (χ0) is 17.1. The molecule has 0 radical (unpaired) electrons. The molecule has 2 heterocycles. The van der Waals surface area contributed by atoms with Gasteiger partial charge < -0.3 is 4.90 Å². The molecule has 1 atom stereocenters. The fourth-order valence-electron chi connectivity index (χ4n) is 3.55. The van der Waals surface area contributed by atoms with Gasteiger partial charge in [0.25, 0.3) is 0 Å². The van der Waals surface area contributed by atoms with E-state index in [4.69, 9.17) is 0 Å². The molecule has 2 aromatic carbocycles. The topological polar surface area (TPSA) is 51.0 Å². The summed E-state index contributed by atoms with van der Waals surface area (Å²) in [4.78, 5) is 14.9. The van der Waals surface area contributed by atoms with Gasteiger partial charge in [-0.25, -0.2) is 4.68 Å². The standard InChI is InChI=1S/C20H20N4O/c25-20(15-23-13-11-21-22-23)24-12-10-17-8-4-5-9-18(17)19(24)14-16-6-2-1-3-7-16/h1-9,11,13,19H,10,12,14-15H2. The second kappa shape index (κ2) is 6.89. The van der Waals surface area contributed by atoms with Crippen molar-refractivity contribution in [1.29, 1.82) is 0 Å². The average molecular weight is 332 g/mol. The SMILES string of the molecule is O=C(Cn1ccnn1)N1CCc2ccccc2C1Cc1ccccc1. The summed E-state index contributed by atoms with van der Waals surface area (Å²) in [6, 6.07) is 18.9. The van der Waals surface area contributed by atoms with Crippen LogP contribution in [0.3, 0.4) is 0 Å². The van der Waals surface area contributed by atoms with E-state index >= 15 is 0 Å². The van der Waals surface area contributed by atoms with Crippen LogP contribution in [0.25, 0.3) is 0 Å². The Hall–Kier alpha value is -2.95. The molecule has 5 nitrogen and oxygen atoms in total. The van der Waals surface area contributed by atoms with Crippen LogP contribution in [0.1, 0.15) is 22.7 Å². The van der Waals surface area contributed by atoms with Crippen molar-refractivity contribution >= 4 is 5.91 Å².